The number of carboxylic acid groups (broad SMARTS) is 1. The lowest BCUT2D eigenvalue weighted by Crippen LogP contribution is -2.34. The fourth-order valence-electron chi connectivity index (χ4n) is 1.61. The fraction of sp³-hybridized carbons (Fsp3) is 0.364. The lowest BCUT2D eigenvalue weighted by molar-refractivity contribution is -0.390. The van der Waals surface area contributed by atoms with Crippen molar-refractivity contribution in [3.8, 4) is 0 Å². The van der Waals surface area contributed by atoms with E-state index in [1.54, 1.807) is 0 Å². The Hall–Kier alpha value is -2.07. The molecule has 0 aliphatic rings. The number of nitro benzene ring substituents is 1. The Labute approximate surface area is 120 Å². The first-order chi connectivity index (χ1) is 9.59. The van der Waals surface area contributed by atoms with Gasteiger partial charge in [-0.15, -0.1) is 0 Å². The summed E-state index contributed by atoms with van der Waals surface area (Å²) in [5.74, 6) is -3.51. The maximum Gasteiger partial charge on any atom is 0.324 e. The lowest BCUT2D eigenvalue weighted by atomic mass is 10.2. The highest BCUT2D eigenvalue weighted by molar-refractivity contribution is 7.89. The molecule has 0 fully saturated rings. The topological polar surface area (TPSA) is 118 Å². The van der Waals surface area contributed by atoms with Gasteiger partial charge in [-0.2, -0.15) is 8.70 Å². The number of hydrogen-bond acceptors (Lipinski definition) is 5. The molecule has 21 heavy (non-hydrogen) atoms. The van der Waals surface area contributed by atoms with Gasteiger partial charge in [0.2, 0.25) is 15.8 Å². The van der Waals surface area contributed by atoms with Crippen LogP contribution in [0.4, 0.5) is 10.1 Å². The van der Waals surface area contributed by atoms with Crippen LogP contribution in [0.5, 0.6) is 0 Å². The molecule has 0 heterocycles. The van der Waals surface area contributed by atoms with Crippen LogP contribution in [0.3, 0.4) is 0 Å². The van der Waals surface area contributed by atoms with E-state index < -0.39 is 49.8 Å². The minimum absolute atomic E-state index is 0.397. The molecule has 1 rings (SSSR count). The van der Waals surface area contributed by atoms with E-state index in [1.807, 2.05) is 0 Å². The predicted molar refractivity (Wildman–Crippen MR) is 69.7 cm³/mol. The Morgan fingerprint density at radius 1 is 1.52 bits per heavy atom. The molecule has 0 bridgehead atoms. The molecule has 0 saturated carbocycles. The summed E-state index contributed by atoms with van der Waals surface area (Å²) >= 11 is 0. The number of carboxylic acids is 1. The number of nitrogens with zero attached hydrogens (tertiary/aromatic N) is 2. The van der Waals surface area contributed by atoms with Gasteiger partial charge >= 0.3 is 11.7 Å². The Kier molecular flexibility index (Phi) is 4.97. The number of benzene rings is 1. The second kappa shape index (κ2) is 6.14. The van der Waals surface area contributed by atoms with Gasteiger partial charge in [0.1, 0.15) is 0 Å². The van der Waals surface area contributed by atoms with Crippen molar-refractivity contribution >= 4 is 21.7 Å². The van der Waals surface area contributed by atoms with E-state index in [2.05, 4.69) is 0 Å². The molecule has 1 unspecified atom stereocenters. The normalized spacial score (nSPS) is 13.1. The van der Waals surface area contributed by atoms with Crippen LogP contribution >= 0.6 is 0 Å². The molecule has 1 aromatic rings. The number of sulfonamides is 1. The summed E-state index contributed by atoms with van der Waals surface area (Å²) in [6, 6.07) is 2.71. The predicted octanol–water partition coefficient (Wildman–Crippen LogP) is 1.08. The van der Waals surface area contributed by atoms with Crippen molar-refractivity contribution in [2.75, 3.05) is 13.6 Å². The molecule has 1 aromatic carbocycles. The molecule has 0 aliphatic heterocycles. The monoisotopic (exact) mass is 320 g/mol. The van der Waals surface area contributed by atoms with Gasteiger partial charge in [0.15, 0.2) is 4.90 Å². The number of carbonyl (C=O) groups is 1. The fourth-order valence-corrected chi connectivity index (χ4v) is 3.03. The van der Waals surface area contributed by atoms with E-state index in [1.165, 1.54) is 6.92 Å². The van der Waals surface area contributed by atoms with Crippen molar-refractivity contribution in [2.45, 2.75) is 11.8 Å². The van der Waals surface area contributed by atoms with Gasteiger partial charge in [-0.3, -0.25) is 14.9 Å². The highest BCUT2D eigenvalue weighted by Gasteiger charge is 2.33. The first-order valence-corrected chi connectivity index (χ1v) is 7.15. The standard InChI is InChI=1S/C11H13FN2O6S/c1-7(11(15)16)6-13(2)21(19,20)9-5-3-4-8(12)10(9)14(17)18/h3-5,7H,6H2,1-2H3,(H,15,16). The first-order valence-electron chi connectivity index (χ1n) is 5.71. The van der Waals surface area contributed by atoms with Crippen LogP contribution in [0.25, 0.3) is 0 Å². The smallest absolute Gasteiger partial charge is 0.324 e. The van der Waals surface area contributed by atoms with E-state index in [4.69, 9.17) is 5.11 Å². The van der Waals surface area contributed by atoms with Crippen molar-refractivity contribution < 1.29 is 27.6 Å². The molecular weight excluding hydrogens is 307 g/mol. The average Bonchev–Trinajstić information content (AvgIpc) is 2.37. The third kappa shape index (κ3) is 3.52. The number of nitro groups is 1. The van der Waals surface area contributed by atoms with Gasteiger partial charge in [0, 0.05) is 13.6 Å². The zero-order valence-corrected chi connectivity index (χ0v) is 12.0. The highest BCUT2D eigenvalue weighted by atomic mass is 32.2. The summed E-state index contributed by atoms with van der Waals surface area (Å²) in [6.07, 6.45) is 0. The molecule has 0 saturated heterocycles. The maximum atomic E-state index is 13.5. The van der Waals surface area contributed by atoms with Gasteiger partial charge in [-0.25, -0.2) is 8.42 Å². The minimum Gasteiger partial charge on any atom is -0.481 e. The lowest BCUT2D eigenvalue weighted by Gasteiger charge is -2.19. The summed E-state index contributed by atoms with van der Waals surface area (Å²) < 4.78 is 38.6. The van der Waals surface area contributed by atoms with Crippen LogP contribution in [-0.2, 0) is 14.8 Å². The number of para-hydroxylation sites is 1. The van der Waals surface area contributed by atoms with E-state index in [9.17, 15) is 27.7 Å². The van der Waals surface area contributed by atoms with Crippen molar-refractivity contribution in [2.24, 2.45) is 5.92 Å². The zero-order valence-electron chi connectivity index (χ0n) is 11.2. The average molecular weight is 320 g/mol. The van der Waals surface area contributed by atoms with Crippen LogP contribution in [-0.4, -0.2) is 42.3 Å². The molecule has 0 spiro atoms. The van der Waals surface area contributed by atoms with Crippen LogP contribution in [0.2, 0.25) is 0 Å². The van der Waals surface area contributed by atoms with E-state index >= 15 is 0 Å². The third-order valence-electron chi connectivity index (χ3n) is 2.77. The van der Waals surface area contributed by atoms with Gasteiger partial charge in [-0.1, -0.05) is 13.0 Å². The quantitative estimate of drug-likeness (QED) is 0.619. The third-order valence-corrected chi connectivity index (χ3v) is 4.63. The Balaban J connectivity index is 3.29. The Morgan fingerprint density at radius 3 is 2.57 bits per heavy atom. The molecule has 0 aliphatic carbocycles. The Bertz CT molecular complexity index is 675. The second-order valence-electron chi connectivity index (χ2n) is 4.37. The van der Waals surface area contributed by atoms with Crippen LogP contribution < -0.4 is 0 Å². The molecule has 1 N–H and O–H groups in total. The van der Waals surface area contributed by atoms with E-state index in [-0.39, 0.29) is 0 Å². The van der Waals surface area contributed by atoms with Gasteiger partial charge in [-0.05, 0) is 12.1 Å². The molecule has 0 radical (unpaired) electrons. The van der Waals surface area contributed by atoms with Gasteiger partial charge in [0.05, 0.1) is 10.8 Å². The molecule has 0 amide bonds. The van der Waals surface area contributed by atoms with Crippen molar-refractivity contribution in [1.82, 2.24) is 4.31 Å². The summed E-state index contributed by atoms with van der Waals surface area (Å²) in [4.78, 5) is 19.6. The highest BCUT2D eigenvalue weighted by Crippen LogP contribution is 2.28. The first kappa shape index (κ1) is 17.0. The van der Waals surface area contributed by atoms with Crippen molar-refractivity contribution in [3.63, 3.8) is 0 Å². The summed E-state index contributed by atoms with van der Waals surface area (Å²) in [6.45, 7) is 0.889. The van der Waals surface area contributed by atoms with Gasteiger partial charge < -0.3 is 5.11 Å². The maximum absolute atomic E-state index is 13.5. The van der Waals surface area contributed by atoms with Crippen LogP contribution in [0.15, 0.2) is 23.1 Å². The second-order valence-corrected chi connectivity index (χ2v) is 6.38. The van der Waals surface area contributed by atoms with Gasteiger partial charge in [0.25, 0.3) is 0 Å². The molecule has 0 aromatic heterocycles. The molecular formula is C11H13FN2O6S. The molecule has 1 atom stereocenters. The zero-order chi connectivity index (χ0) is 16.4. The van der Waals surface area contributed by atoms with E-state index in [0.29, 0.717) is 4.31 Å². The Morgan fingerprint density at radius 2 is 2.10 bits per heavy atom. The number of rotatable bonds is 6. The summed E-state index contributed by atoms with van der Waals surface area (Å²) in [7, 11) is -3.30. The summed E-state index contributed by atoms with van der Waals surface area (Å²) in [5, 5.41) is 19.6. The van der Waals surface area contributed by atoms with E-state index in [0.717, 1.165) is 25.2 Å². The van der Waals surface area contributed by atoms with Crippen LogP contribution in [0, 0.1) is 21.8 Å². The largest absolute Gasteiger partial charge is 0.481 e. The summed E-state index contributed by atoms with van der Waals surface area (Å²) in [5.41, 5.74) is -1.16. The minimum atomic E-state index is -4.38. The molecule has 10 heteroatoms. The number of hydrogen-bond donors (Lipinski definition) is 1. The number of halogens is 1. The van der Waals surface area contributed by atoms with Crippen LogP contribution in [0.1, 0.15) is 6.92 Å². The number of aliphatic carboxylic acids is 1. The van der Waals surface area contributed by atoms with Crippen molar-refractivity contribution in [1.29, 1.82) is 0 Å². The SMILES string of the molecule is CC(CN(C)S(=O)(=O)c1cccc(F)c1[N+](=O)[O-])C(=O)O. The van der Waals surface area contributed by atoms with Crippen molar-refractivity contribution in [3.05, 3.63) is 34.1 Å². The molecule has 8 nitrogen and oxygen atoms in total. The molecule has 116 valence electrons.